The number of rotatable bonds is 6. The molecular weight excluding hydrogens is 351 g/mol. The highest BCUT2D eigenvalue weighted by Gasteiger charge is 2.06. The van der Waals surface area contributed by atoms with Crippen LogP contribution < -0.4 is 5.32 Å². The van der Waals surface area contributed by atoms with E-state index in [4.69, 9.17) is 11.6 Å². The summed E-state index contributed by atoms with van der Waals surface area (Å²) in [5.74, 6) is 0.433. The molecule has 0 saturated heterocycles. The van der Waals surface area contributed by atoms with Crippen LogP contribution in [-0.4, -0.2) is 4.98 Å². The van der Waals surface area contributed by atoms with Gasteiger partial charge in [0.05, 0.1) is 6.54 Å². The molecular formula is C17H14ClFN2S2. The van der Waals surface area contributed by atoms with Gasteiger partial charge >= 0.3 is 0 Å². The Labute approximate surface area is 147 Å². The van der Waals surface area contributed by atoms with Gasteiger partial charge in [0.25, 0.3) is 0 Å². The molecule has 1 heterocycles. The van der Waals surface area contributed by atoms with Gasteiger partial charge in [-0.15, -0.1) is 23.1 Å². The molecule has 1 aromatic heterocycles. The number of benzene rings is 2. The Hall–Kier alpha value is -1.56. The van der Waals surface area contributed by atoms with E-state index >= 15 is 0 Å². The van der Waals surface area contributed by atoms with Gasteiger partial charge < -0.3 is 5.32 Å². The second-order valence-electron chi connectivity index (χ2n) is 4.81. The van der Waals surface area contributed by atoms with Crippen molar-refractivity contribution in [1.29, 1.82) is 0 Å². The van der Waals surface area contributed by atoms with Crippen molar-refractivity contribution < 1.29 is 4.39 Å². The second-order valence-corrected chi connectivity index (χ2v) is 7.52. The van der Waals surface area contributed by atoms with Crippen LogP contribution in [0.4, 0.5) is 10.1 Å². The molecule has 0 amide bonds. The molecule has 23 heavy (non-hydrogen) atoms. The van der Waals surface area contributed by atoms with Crippen LogP contribution in [0.3, 0.4) is 0 Å². The lowest BCUT2D eigenvalue weighted by atomic mass is 10.2. The van der Waals surface area contributed by atoms with Gasteiger partial charge in [-0.25, -0.2) is 9.37 Å². The Balaban J connectivity index is 1.67. The zero-order valence-corrected chi connectivity index (χ0v) is 14.5. The predicted octanol–water partition coefficient (Wildman–Crippen LogP) is 5.84. The third-order valence-corrected chi connectivity index (χ3v) is 5.44. The summed E-state index contributed by atoms with van der Waals surface area (Å²) in [4.78, 5) is 6.20. The summed E-state index contributed by atoms with van der Waals surface area (Å²) in [6.45, 7) is 0.668. The van der Waals surface area contributed by atoms with Gasteiger partial charge in [0.1, 0.15) is 5.82 Å². The number of para-hydroxylation sites is 1. The maximum atomic E-state index is 13.7. The van der Waals surface area contributed by atoms with Gasteiger partial charge in [0.2, 0.25) is 0 Å². The molecule has 3 rings (SSSR count). The fraction of sp³-hybridized carbons (Fsp3) is 0.118. The Kier molecular flexibility index (Phi) is 5.54. The summed E-state index contributed by atoms with van der Waals surface area (Å²) in [7, 11) is 0. The second kappa shape index (κ2) is 7.81. The van der Waals surface area contributed by atoms with E-state index in [9.17, 15) is 4.39 Å². The van der Waals surface area contributed by atoms with Gasteiger partial charge in [0.15, 0.2) is 4.47 Å². The SMILES string of the molecule is Fc1ccccc1CSc1ccccc1NCc1cnc(Cl)s1. The average molecular weight is 365 g/mol. The quantitative estimate of drug-likeness (QED) is 0.556. The van der Waals surface area contributed by atoms with Crippen molar-refractivity contribution in [3.8, 4) is 0 Å². The summed E-state index contributed by atoms with van der Waals surface area (Å²) in [6, 6.07) is 14.9. The summed E-state index contributed by atoms with van der Waals surface area (Å²) < 4.78 is 14.3. The molecule has 118 valence electrons. The molecule has 0 radical (unpaired) electrons. The number of thiazole rings is 1. The highest BCUT2D eigenvalue weighted by Crippen LogP contribution is 2.31. The van der Waals surface area contributed by atoms with Crippen molar-refractivity contribution in [3.05, 3.63) is 75.5 Å². The van der Waals surface area contributed by atoms with E-state index in [0.717, 1.165) is 15.5 Å². The van der Waals surface area contributed by atoms with Crippen molar-refractivity contribution in [2.45, 2.75) is 17.2 Å². The standard InChI is InChI=1S/C17H14ClFN2S2/c18-17-21-10-13(23-17)9-20-15-7-3-4-8-16(15)22-11-12-5-1-2-6-14(12)19/h1-8,10,20H,9,11H2. The maximum absolute atomic E-state index is 13.7. The average Bonchev–Trinajstić information content (AvgIpc) is 2.98. The molecule has 0 fully saturated rings. The van der Waals surface area contributed by atoms with Crippen LogP contribution in [-0.2, 0) is 12.3 Å². The number of hydrogen-bond donors (Lipinski definition) is 1. The van der Waals surface area contributed by atoms with Crippen LogP contribution in [0, 0.1) is 5.82 Å². The molecule has 0 spiro atoms. The minimum absolute atomic E-state index is 0.162. The number of anilines is 1. The van der Waals surface area contributed by atoms with Crippen molar-refractivity contribution in [2.75, 3.05) is 5.32 Å². The number of hydrogen-bond acceptors (Lipinski definition) is 4. The normalized spacial score (nSPS) is 10.7. The molecule has 0 atom stereocenters. The zero-order valence-electron chi connectivity index (χ0n) is 12.1. The van der Waals surface area contributed by atoms with Crippen LogP contribution in [0.15, 0.2) is 59.6 Å². The van der Waals surface area contributed by atoms with Gasteiger partial charge in [-0.1, -0.05) is 41.9 Å². The van der Waals surface area contributed by atoms with Crippen LogP contribution >= 0.6 is 34.7 Å². The maximum Gasteiger partial charge on any atom is 0.183 e. The molecule has 0 saturated carbocycles. The van der Waals surface area contributed by atoms with Gasteiger partial charge in [-0.3, -0.25) is 0 Å². The summed E-state index contributed by atoms with van der Waals surface area (Å²) in [5, 5.41) is 3.39. The summed E-state index contributed by atoms with van der Waals surface area (Å²) in [6.07, 6.45) is 1.77. The molecule has 2 aromatic carbocycles. The van der Waals surface area contributed by atoms with E-state index in [2.05, 4.69) is 10.3 Å². The Morgan fingerprint density at radius 3 is 2.70 bits per heavy atom. The zero-order chi connectivity index (χ0) is 16.1. The first kappa shape index (κ1) is 16.3. The molecule has 0 bridgehead atoms. The van der Waals surface area contributed by atoms with Gasteiger partial charge in [-0.2, -0.15) is 0 Å². The summed E-state index contributed by atoms with van der Waals surface area (Å²) in [5.41, 5.74) is 1.74. The number of thioether (sulfide) groups is 1. The van der Waals surface area contributed by atoms with Crippen LogP contribution in [0.1, 0.15) is 10.4 Å². The first-order valence-electron chi connectivity index (χ1n) is 7.01. The number of aromatic nitrogens is 1. The lowest BCUT2D eigenvalue weighted by Gasteiger charge is -2.11. The van der Waals surface area contributed by atoms with E-state index in [0.29, 0.717) is 22.3 Å². The van der Waals surface area contributed by atoms with Crippen molar-refractivity contribution in [2.24, 2.45) is 0 Å². The predicted molar refractivity (Wildman–Crippen MR) is 96.9 cm³/mol. The lowest BCUT2D eigenvalue weighted by Crippen LogP contribution is -1.99. The van der Waals surface area contributed by atoms with E-state index in [1.807, 2.05) is 36.4 Å². The summed E-state index contributed by atoms with van der Waals surface area (Å²) >= 11 is 8.92. The Morgan fingerprint density at radius 2 is 1.91 bits per heavy atom. The number of nitrogens with one attached hydrogen (secondary N) is 1. The fourth-order valence-electron chi connectivity index (χ4n) is 2.06. The molecule has 0 aliphatic heterocycles. The first-order chi connectivity index (χ1) is 11.2. The molecule has 0 aliphatic carbocycles. The van der Waals surface area contributed by atoms with Crippen LogP contribution in [0.2, 0.25) is 4.47 Å². The fourth-order valence-corrected chi connectivity index (χ4v) is 3.99. The molecule has 1 N–H and O–H groups in total. The highest BCUT2D eigenvalue weighted by molar-refractivity contribution is 7.98. The minimum atomic E-state index is -0.162. The Bertz CT molecular complexity index is 792. The molecule has 3 aromatic rings. The van der Waals surface area contributed by atoms with E-state index in [1.54, 1.807) is 24.0 Å². The molecule has 6 heteroatoms. The highest BCUT2D eigenvalue weighted by atomic mass is 35.5. The van der Waals surface area contributed by atoms with E-state index in [1.165, 1.54) is 17.4 Å². The number of nitrogens with zero attached hydrogens (tertiary/aromatic N) is 1. The monoisotopic (exact) mass is 364 g/mol. The topological polar surface area (TPSA) is 24.9 Å². The third kappa shape index (κ3) is 4.47. The van der Waals surface area contributed by atoms with E-state index < -0.39 is 0 Å². The minimum Gasteiger partial charge on any atom is -0.379 e. The van der Waals surface area contributed by atoms with Gasteiger partial charge in [-0.05, 0) is 23.8 Å². The molecule has 0 aliphatic rings. The van der Waals surface area contributed by atoms with Gasteiger partial charge in [0, 0.05) is 27.4 Å². The van der Waals surface area contributed by atoms with Crippen molar-refractivity contribution in [3.63, 3.8) is 0 Å². The third-order valence-electron chi connectivity index (χ3n) is 3.21. The van der Waals surface area contributed by atoms with E-state index in [-0.39, 0.29) is 5.82 Å². The van der Waals surface area contributed by atoms with Crippen molar-refractivity contribution >= 4 is 40.4 Å². The first-order valence-corrected chi connectivity index (χ1v) is 9.19. The van der Waals surface area contributed by atoms with Crippen LogP contribution in [0.5, 0.6) is 0 Å². The van der Waals surface area contributed by atoms with Crippen molar-refractivity contribution in [1.82, 2.24) is 4.98 Å². The smallest absolute Gasteiger partial charge is 0.183 e. The largest absolute Gasteiger partial charge is 0.379 e. The number of halogens is 2. The Morgan fingerprint density at radius 1 is 1.13 bits per heavy atom. The van der Waals surface area contributed by atoms with Crippen LogP contribution in [0.25, 0.3) is 0 Å². The lowest BCUT2D eigenvalue weighted by molar-refractivity contribution is 0.617. The molecule has 0 unspecified atom stereocenters. The molecule has 2 nitrogen and oxygen atoms in total.